The van der Waals surface area contributed by atoms with E-state index in [1.54, 1.807) is 11.3 Å². The van der Waals surface area contributed by atoms with Crippen LogP contribution >= 0.6 is 34.7 Å². The summed E-state index contributed by atoms with van der Waals surface area (Å²) in [6.07, 6.45) is 0. The molecule has 0 aliphatic carbocycles. The quantitative estimate of drug-likeness (QED) is 0.591. The van der Waals surface area contributed by atoms with E-state index in [0.29, 0.717) is 5.02 Å². The van der Waals surface area contributed by atoms with Gasteiger partial charge in [0.15, 0.2) is 4.34 Å². The molecule has 0 spiro atoms. The minimum absolute atomic E-state index is 0.0877. The van der Waals surface area contributed by atoms with E-state index in [1.165, 1.54) is 11.8 Å². The molecule has 0 saturated carbocycles. The molecular formula is C19H19ClN2O2S2. The number of benzene rings is 2. The van der Waals surface area contributed by atoms with E-state index < -0.39 is 5.25 Å². The second-order valence-electron chi connectivity index (χ2n) is 5.89. The molecular weight excluding hydrogens is 388 g/mol. The van der Waals surface area contributed by atoms with Crippen molar-refractivity contribution in [2.45, 2.75) is 23.4 Å². The van der Waals surface area contributed by atoms with Crippen LogP contribution in [0, 0.1) is 13.8 Å². The predicted octanol–water partition coefficient (Wildman–Crippen LogP) is 4.51. The first kappa shape index (κ1) is 19.2. The summed E-state index contributed by atoms with van der Waals surface area (Å²) in [6, 6.07) is 11.6. The van der Waals surface area contributed by atoms with Crippen molar-refractivity contribution in [3.8, 4) is 0 Å². The molecule has 4 nitrogen and oxygen atoms in total. The molecule has 0 saturated heterocycles. The molecule has 1 atom stereocenters. The zero-order valence-electron chi connectivity index (χ0n) is 14.5. The van der Waals surface area contributed by atoms with Crippen molar-refractivity contribution in [1.29, 1.82) is 0 Å². The first-order chi connectivity index (χ1) is 12.5. The van der Waals surface area contributed by atoms with E-state index in [9.17, 15) is 4.79 Å². The van der Waals surface area contributed by atoms with Crippen LogP contribution in [0.4, 0.5) is 0 Å². The zero-order valence-corrected chi connectivity index (χ0v) is 16.8. The molecule has 136 valence electrons. The second-order valence-corrected chi connectivity index (χ2v) is 8.71. The van der Waals surface area contributed by atoms with Crippen LogP contribution in [0.25, 0.3) is 10.2 Å². The van der Waals surface area contributed by atoms with Gasteiger partial charge in [0.2, 0.25) is 5.91 Å². The minimum Gasteiger partial charge on any atom is -0.395 e. The Hall–Kier alpha value is -1.60. The Morgan fingerprint density at radius 1 is 1.35 bits per heavy atom. The van der Waals surface area contributed by atoms with Crippen LogP contribution < -0.4 is 5.32 Å². The lowest BCUT2D eigenvalue weighted by atomic mass is 10.0. The standard InChI is InChI=1S/C19H19ClN2O2S2/c1-11-4-3-5-14(12(11)2)17(18(24)21-8-9-23)26-19-22-15-10-13(20)6-7-16(15)25-19/h3-7,10,17,23H,8-9H2,1-2H3,(H,21,24). The predicted molar refractivity (Wildman–Crippen MR) is 109 cm³/mol. The largest absolute Gasteiger partial charge is 0.395 e. The van der Waals surface area contributed by atoms with Crippen molar-refractivity contribution in [2.24, 2.45) is 0 Å². The van der Waals surface area contributed by atoms with Gasteiger partial charge in [0.1, 0.15) is 5.25 Å². The van der Waals surface area contributed by atoms with Crippen molar-refractivity contribution in [1.82, 2.24) is 10.3 Å². The SMILES string of the molecule is Cc1cccc(C(Sc2nc3cc(Cl)ccc3s2)C(=O)NCCO)c1C. The summed E-state index contributed by atoms with van der Waals surface area (Å²) < 4.78 is 1.85. The van der Waals surface area contributed by atoms with Crippen LogP contribution in [-0.2, 0) is 4.79 Å². The third-order valence-electron chi connectivity index (χ3n) is 4.13. The van der Waals surface area contributed by atoms with Crippen LogP contribution in [0.1, 0.15) is 21.9 Å². The molecule has 0 radical (unpaired) electrons. The van der Waals surface area contributed by atoms with Gasteiger partial charge in [-0.15, -0.1) is 11.3 Å². The van der Waals surface area contributed by atoms with Crippen LogP contribution in [0.5, 0.6) is 0 Å². The molecule has 1 aromatic heterocycles. The van der Waals surface area contributed by atoms with E-state index in [1.807, 2.05) is 50.2 Å². The maximum Gasteiger partial charge on any atom is 0.238 e. The molecule has 0 bridgehead atoms. The van der Waals surface area contributed by atoms with Crippen molar-refractivity contribution >= 4 is 50.8 Å². The van der Waals surface area contributed by atoms with Crippen LogP contribution in [0.15, 0.2) is 40.7 Å². The molecule has 2 N–H and O–H groups in total. The summed E-state index contributed by atoms with van der Waals surface area (Å²) in [5.41, 5.74) is 4.02. The highest BCUT2D eigenvalue weighted by Gasteiger charge is 2.25. The molecule has 2 aromatic carbocycles. The summed E-state index contributed by atoms with van der Waals surface area (Å²) in [6.45, 7) is 4.20. The molecule has 1 amide bonds. The van der Waals surface area contributed by atoms with Gasteiger partial charge in [-0.2, -0.15) is 0 Å². The van der Waals surface area contributed by atoms with Crippen LogP contribution in [-0.4, -0.2) is 29.1 Å². The maximum atomic E-state index is 12.8. The molecule has 26 heavy (non-hydrogen) atoms. The Kier molecular flexibility index (Phi) is 6.19. The number of hydrogen-bond donors (Lipinski definition) is 2. The molecule has 1 heterocycles. The number of aromatic nitrogens is 1. The van der Waals surface area contributed by atoms with Gasteiger partial charge >= 0.3 is 0 Å². The zero-order chi connectivity index (χ0) is 18.7. The third kappa shape index (κ3) is 4.20. The molecule has 0 fully saturated rings. The molecule has 3 rings (SSSR count). The number of carbonyl (C=O) groups excluding carboxylic acids is 1. The number of amides is 1. The number of nitrogens with zero attached hydrogens (tertiary/aromatic N) is 1. The van der Waals surface area contributed by atoms with Gasteiger partial charge in [0, 0.05) is 11.6 Å². The molecule has 3 aromatic rings. The van der Waals surface area contributed by atoms with Gasteiger partial charge in [-0.25, -0.2) is 4.98 Å². The molecule has 7 heteroatoms. The summed E-state index contributed by atoms with van der Waals surface area (Å²) in [4.78, 5) is 17.4. The van der Waals surface area contributed by atoms with Gasteiger partial charge < -0.3 is 10.4 Å². The van der Waals surface area contributed by atoms with Crippen molar-refractivity contribution in [2.75, 3.05) is 13.2 Å². The van der Waals surface area contributed by atoms with E-state index in [0.717, 1.165) is 31.2 Å². The number of aliphatic hydroxyl groups is 1. The van der Waals surface area contributed by atoms with Crippen molar-refractivity contribution in [3.63, 3.8) is 0 Å². The number of fused-ring (bicyclic) bond motifs is 1. The summed E-state index contributed by atoms with van der Waals surface area (Å²) in [5.74, 6) is -0.130. The van der Waals surface area contributed by atoms with Gasteiger partial charge in [-0.1, -0.05) is 41.6 Å². The Balaban J connectivity index is 1.96. The number of nitrogens with one attached hydrogen (secondary N) is 1. The van der Waals surface area contributed by atoms with E-state index in [4.69, 9.17) is 16.7 Å². The second kappa shape index (κ2) is 8.39. The third-order valence-corrected chi connectivity index (χ3v) is 6.73. The average molecular weight is 407 g/mol. The number of thioether (sulfide) groups is 1. The normalized spacial score (nSPS) is 12.3. The van der Waals surface area contributed by atoms with E-state index in [2.05, 4.69) is 10.3 Å². The van der Waals surface area contributed by atoms with Crippen molar-refractivity contribution < 1.29 is 9.90 Å². The lowest BCUT2D eigenvalue weighted by Gasteiger charge is -2.18. The number of halogens is 1. The number of hydrogen-bond acceptors (Lipinski definition) is 5. The maximum absolute atomic E-state index is 12.8. The van der Waals surface area contributed by atoms with Crippen molar-refractivity contribution in [3.05, 3.63) is 58.1 Å². The molecule has 0 aliphatic rings. The topological polar surface area (TPSA) is 62.2 Å². The van der Waals surface area contributed by atoms with Gasteiger partial charge in [-0.05, 0) is 48.7 Å². The van der Waals surface area contributed by atoms with E-state index >= 15 is 0 Å². The first-order valence-electron chi connectivity index (χ1n) is 8.17. The Morgan fingerprint density at radius 2 is 2.15 bits per heavy atom. The molecule has 1 unspecified atom stereocenters. The smallest absolute Gasteiger partial charge is 0.238 e. The molecule has 0 aliphatic heterocycles. The fraction of sp³-hybridized carbons (Fsp3) is 0.263. The van der Waals surface area contributed by atoms with E-state index in [-0.39, 0.29) is 19.1 Å². The average Bonchev–Trinajstić information content (AvgIpc) is 3.02. The Bertz CT molecular complexity index is 942. The minimum atomic E-state index is -0.433. The summed E-state index contributed by atoms with van der Waals surface area (Å²) >= 11 is 9.02. The highest BCUT2D eigenvalue weighted by molar-refractivity contribution is 8.02. The first-order valence-corrected chi connectivity index (χ1v) is 10.2. The number of rotatable bonds is 6. The highest BCUT2D eigenvalue weighted by Crippen LogP contribution is 2.41. The van der Waals surface area contributed by atoms with Gasteiger partial charge in [0.05, 0.1) is 16.8 Å². The fourth-order valence-corrected chi connectivity index (χ4v) is 5.14. The van der Waals surface area contributed by atoms with Gasteiger partial charge in [0.25, 0.3) is 0 Å². The summed E-state index contributed by atoms with van der Waals surface area (Å²) in [7, 11) is 0. The number of aryl methyl sites for hydroxylation is 1. The fourth-order valence-electron chi connectivity index (χ4n) is 2.62. The number of thiazole rings is 1. The monoisotopic (exact) mass is 406 g/mol. The Morgan fingerprint density at radius 3 is 2.92 bits per heavy atom. The lowest BCUT2D eigenvalue weighted by Crippen LogP contribution is -2.30. The number of aliphatic hydroxyl groups excluding tert-OH is 1. The van der Waals surface area contributed by atoms with Crippen LogP contribution in [0.3, 0.4) is 0 Å². The summed E-state index contributed by atoms with van der Waals surface area (Å²) in [5, 5.41) is 12.0. The van der Waals surface area contributed by atoms with Gasteiger partial charge in [-0.3, -0.25) is 4.79 Å². The van der Waals surface area contributed by atoms with Crippen LogP contribution in [0.2, 0.25) is 5.02 Å². The lowest BCUT2D eigenvalue weighted by molar-refractivity contribution is -0.120. The Labute approximate surface area is 165 Å². The number of carbonyl (C=O) groups is 1. The highest BCUT2D eigenvalue weighted by atomic mass is 35.5.